The van der Waals surface area contributed by atoms with Crippen LogP contribution in [-0.2, 0) is 21.2 Å². The summed E-state index contributed by atoms with van der Waals surface area (Å²) >= 11 is 12.1. The van der Waals surface area contributed by atoms with Crippen molar-refractivity contribution in [3.63, 3.8) is 0 Å². The van der Waals surface area contributed by atoms with Crippen LogP contribution in [0.15, 0.2) is 47.4 Å². The molecule has 1 aliphatic rings. The van der Waals surface area contributed by atoms with Crippen molar-refractivity contribution in [3.8, 4) is 0 Å². The first-order chi connectivity index (χ1) is 13.1. The molecule has 1 unspecified atom stereocenters. The molecule has 0 N–H and O–H groups in total. The van der Waals surface area contributed by atoms with E-state index < -0.39 is 10.0 Å². The zero-order valence-corrected chi connectivity index (χ0v) is 18.6. The highest BCUT2D eigenvalue weighted by molar-refractivity contribution is 7.92. The molecule has 0 spiro atoms. The Bertz CT molecular complexity index is 954. The van der Waals surface area contributed by atoms with Crippen molar-refractivity contribution in [1.82, 2.24) is 0 Å². The van der Waals surface area contributed by atoms with Gasteiger partial charge in [-0.05, 0) is 48.1 Å². The highest BCUT2D eigenvalue weighted by Gasteiger charge is 2.36. The van der Waals surface area contributed by atoms with Gasteiger partial charge in [-0.15, -0.1) is 0 Å². The molecule has 0 saturated carbocycles. The molecule has 0 bridgehead atoms. The van der Waals surface area contributed by atoms with Gasteiger partial charge in [0.2, 0.25) is 0 Å². The van der Waals surface area contributed by atoms with Gasteiger partial charge in [-0.3, -0.25) is 4.31 Å². The Morgan fingerprint density at radius 3 is 2.50 bits per heavy atom. The van der Waals surface area contributed by atoms with Crippen LogP contribution in [0.5, 0.6) is 0 Å². The molecule has 2 aromatic carbocycles. The van der Waals surface area contributed by atoms with Gasteiger partial charge in [0.05, 0.1) is 39.9 Å². The summed E-state index contributed by atoms with van der Waals surface area (Å²) in [5.41, 5.74) is 1.72. The molecule has 7 heteroatoms. The van der Waals surface area contributed by atoms with Crippen molar-refractivity contribution in [3.05, 3.63) is 58.1 Å². The van der Waals surface area contributed by atoms with Crippen LogP contribution in [0.25, 0.3) is 0 Å². The second kappa shape index (κ2) is 8.23. The number of para-hydroxylation sites is 1. The average Bonchev–Trinajstić information content (AvgIpc) is 2.62. The molecule has 0 aromatic heterocycles. The van der Waals surface area contributed by atoms with Crippen molar-refractivity contribution < 1.29 is 13.2 Å². The Balaban J connectivity index is 1.99. The number of ether oxygens (including phenoxy) is 1. The summed E-state index contributed by atoms with van der Waals surface area (Å²) in [5.74, 6) is 0. The SMILES string of the molecule is CC(C)(C)COCC1CCc2ccccc2N1S(=O)(=O)c1ccc(Cl)c(Cl)c1. The van der Waals surface area contributed by atoms with E-state index in [0.29, 0.717) is 30.3 Å². The number of anilines is 1. The zero-order chi connectivity index (χ0) is 20.5. The third-order valence-corrected chi connectivity index (χ3v) is 7.20. The predicted molar refractivity (Wildman–Crippen MR) is 115 cm³/mol. The van der Waals surface area contributed by atoms with Crippen LogP contribution < -0.4 is 4.31 Å². The first-order valence-electron chi connectivity index (χ1n) is 9.25. The molecule has 0 fully saturated rings. The van der Waals surface area contributed by atoms with Gasteiger partial charge < -0.3 is 4.74 Å². The van der Waals surface area contributed by atoms with Crippen LogP contribution in [0, 0.1) is 5.41 Å². The van der Waals surface area contributed by atoms with Gasteiger partial charge in [-0.25, -0.2) is 8.42 Å². The molecule has 0 amide bonds. The highest BCUT2D eigenvalue weighted by atomic mass is 35.5. The van der Waals surface area contributed by atoms with Crippen LogP contribution in [0.2, 0.25) is 10.0 Å². The highest BCUT2D eigenvalue weighted by Crippen LogP contribution is 2.36. The summed E-state index contributed by atoms with van der Waals surface area (Å²) in [4.78, 5) is 0.124. The summed E-state index contributed by atoms with van der Waals surface area (Å²) < 4.78 is 34.5. The quantitative estimate of drug-likeness (QED) is 0.609. The molecule has 1 aliphatic heterocycles. The van der Waals surface area contributed by atoms with Gasteiger partial charge >= 0.3 is 0 Å². The summed E-state index contributed by atoms with van der Waals surface area (Å²) in [6.45, 7) is 7.17. The summed E-state index contributed by atoms with van der Waals surface area (Å²) in [7, 11) is -3.82. The fourth-order valence-corrected chi connectivity index (χ4v) is 5.39. The molecule has 0 saturated heterocycles. The van der Waals surface area contributed by atoms with E-state index in [2.05, 4.69) is 20.8 Å². The van der Waals surface area contributed by atoms with Crippen molar-refractivity contribution in [2.75, 3.05) is 17.5 Å². The molecule has 3 rings (SSSR count). The zero-order valence-electron chi connectivity index (χ0n) is 16.3. The van der Waals surface area contributed by atoms with Crippen molar-refractivity contribution >= 4 is 38.9 Å². The lowest BCUT2D eigenvalue weighted by molar-refractivity contribution is 0.0614. The maximum atomic E-state index is 13.6. The van der Waals surface area contributed by atoms with E-state index in [1.54, 1.807) is 0 Å². The second-order valence-corrected chi connectivity index (χ2v) is 10.9. The molecular formula is C21H25Cl2NO3S. The fourth-order valence-electron chi connectivity index (χ4n) is 3.30. The number of fused-ring (bicyclic) bond motifs is 1. The minimum atomic E-state index is -3.82. The average molecular weight is 442 g/mol. The van der Waals surface area contributed by atoms with Crippen molar-refractivity contribution in [2.45, 2.75) is 44.6 Å². The Labute approximate surface area is 177 Å². The normalized spacial score (nSPS) is 17.5. The third-order valence-electron chi connectivity index (χ3n) is 4.60. The summed E-state index contributed by atoms with van der Waals surface area (Å²) in [5, 5.41) is 0.540. The predicted octanol–water partition coefficient (Wildman–Crippen LogP) is 5.57. The van der Waals surface area contributed by atoms with Gasteiger partial charge in [0.1, 0.15) is 0 Å². The lowest BCUT2D eigenvalue weighted by atomic mass is 9.97. The number of aryl methyl sites for hydroxylation is 1. The van der Waals surface area contributed by atoms with E-state index >= 15 is 0 Å². The van der Waals surface area contributed by atoms with Crippen LogP contribution >= 0.6 is 23.2 Å². The monoisotopic (exact) mass is 441 g/mol. The minimum absolute atomic E-state index is 0.0139. The van der Waals surface area contributed by atoms with Crippen molar-refractivity contribution in [2.24, 2.45) is 5.41 Å². The van der Waals surface area contributed by atoms with E-state index in [1.165, 1.54) is 22.5 Å². The molecule has 152 valence electrons. The van der Waals surface area contributed by atoms with Crippen LogP contribution in [-0.4, -0.2) is 27.7 Å². The van der Waals surface area contributed by atoms with E-state index in [4.69, 9.17) is 27.9 Å². The maximum Gasteiger partial charge on any atom is 0.264 e. The van der Waals surface area contributed by atoms with E-state index in [9.17, 15) is 8.42 Å². The molecule has 28 heavy (non-hydrogen) atoms. The molecule has 1 heterocycles. The Morgan fingerprint density at radius 1 is 1.11 bits per heavy atom. The molecule has 0 radical (unpaired) electrons. The van der Waals surface area contributed by atoms with Gasteiger partial charge in [0, 0.05) is 0 Å². The van der Waals surface area contributed by atoms with Gasteiger partial charge in [0.15, 0.2) is 0 Å². The number of halogens is 2. The van der Waals surface area contributed by atoms with Crippen molar-refractivity contribution in [1.29, 1.82) is 0 Å². The smallest absolute Gasteiger partial charge is 0.264 e. The number of rotatable bonds is 5. The van der Waals surface area contributed by atoms with Gasteiger partial charge in [0.25, 0.3) is 10.0 Å². The summed E-state index contributed by atoms with van der Waals surface area (Å²) in [6.07, 6.45) is 1.51. The standard InChI is InChI=1S/C21H25Cl2NO3S/c1-21(2,3)14-27-13-16-9-8-15-6-4-5-7-20(15)24(16)28(25,26)17-10-11-18(22)19(23)12-17/h4-7,10-12,16H,8-9,13-14H2,1-3H3. The Morgan fingerprint density at radius 2 is 1.82 bits per heavy atom. The molecular weight excluding hydrogens is 417 g/mol. The molecule has 2 aromatic rings. The molecule has 0 aliphatic carbocycles. The first-order valence-corrected chi connectivity index (χ1v) is 11.4. The van der Waals surface area contributed by atoms with Gasteiger partial charge in [-0.2, -0.15) is 0 Å². The lowest BCUT2D eigenvalue weighted by Crippen LogP contribution is -2.46. The van der Waals surface area contributed by atoms with Gasteiger partial charge in [-0.1, -0.05) is 62.2 Å². The third kappa shape index (κ3) is 4.65. The van der Waals surface area contributed by atoms with E-state index in [1.807, 2.05) is 24.3 Å². The van der Waals surface area contributed by atoms with Crippen LogP contribution in [0.3, 0.4) is 0 Å². The van der Waals surface area contributed by atoms with E-state index in [-0.39, 0.29) is 21.4 Å². The fraction of sp³-hybridized carbons (Fsp3) is 0.429. The number of hydrogen-bond donors (Lipinski definition) is 0. The molecule has 4 nitrogen and oxygen atoms in total. The second-order valence-electron chi connectivity index (χ2n) is 8.27. The maximum absolute atomic E-state index is 13.6. The van der Waals surface area contributed by atoms with Crippen LogP contribution in [0.1, 0.15) is 32.8 Å². The number of nitrogens with zero attached hydrogens (tertiary/aromatic N) is 1. The van der Waals surface area contributed by atoms with Crippen LogP contribution in [0.4, 0.5) is 5.69 Å². The molecule has 1 atom stereocenters. The summed E-state index contributed by atoms with van der Waals surface area (Å²) in [6, 6.07) is 11.7. The lowest BCUT2D eigenvalue weighted by Gasteiger charge is -2.38. The number of sulfonamides is 1. The largest absolute Gasteiger partial charge is 0.379 e. The topological polar surface area (TPSA) is 46.6 Å². The minimum Gasteiger partial charge on any atom is -0.379 e. The number of hydrogen-bond acceptors (Lipinski definition) is 3. The number of benzene rings is 2. The Hall–Kier alpha value is -1.27. The van der Waals surface area contributed by atoms with E-state index in [0.717, 1.165) is 12.0 Å². The Kier molecular flexibility index (Phi) is 6.30. The first kappa shape index (κ1) is 21.4.